The molecular weight excluding hydrogens is 238 g/mol. The minimum atomic E-state index is -0.0686. The first-order valence-corrected chi connectivity index (χ1v) is 6.04. The zero-order valence-electron chi connectivity index (χ0n) is 10.5. The van der Waals surface area contributed by atoms with E-state index in [9.17, 15) is 4.79 Å². The van der Waals surface area contributed by atoms with E-state index in [1.165, 1.54) is 0 Å². The highest BCUT2D eigenvalue weighted by atomic mass is 16.2. The molecule has 1 heterocycles. The molecule has 0 aliphatic carbocycles. The van der Waals surface area contributed by atoms with Gasteiger partial charge in [-0.15, -0.1) is 0 Å². The van der Waals surface area contributed by atoms with E-state index < -0.39 is 0 Å². The summed E-state index contributed by atoms with van der Waals surface area (Å²) in [6, 6.07) is 19.1. The highest BCUT2D eigenvalue weighted by Gasteiger charge is 2.39. The monoisotopic (exact) mass is 251 g/mol. The van der Waals surface area contributed by atoms with Crippen molar-refractivity contribution in [3.8, 4) is 0 Å². The third kappa shape index (κ3) is 1.97. The molecule has 0 spiro atoms. The van der Waals surface area contributed by atoms with Crippen LogP contribution in [-0.4, -0.2) is 23.9 Å². The fraction of sp³-hybridized carbons (Fsp3) is 0.0667. The van der Waals surface area contributed by atoms with Crippen LogP contribution in [0.3, 0.4) is 0 Å². The number of para-hydroxylation sites is 2. The molecule has 3 rings (SSSR count). The molecule has 1 fully saturated rings. The van der Waals surface area contributed by atoms with Gasteiger partial charge in [0, 0.05) is 7.05 Å². The van der Waals surface area contributed by atoms with Crippen molar-refractivity contribution in [2.45, 2.75) is 0 Å². The lowest BCUT2D eigenvalue weighted by Gasteiger charge is -2.40. The molecule has 19 heavy (non-hydrogen) atoms. The van der Waals surface area contributed by atoms with E-state index in [1.807, 2.05) is 60.7 Å². The van der Waals surface area contributed by atoms with Crippen LogP contribution in [0.5, 0.6) is 0 Å². The Hall–Kier alpha value is -2.62. The lowest BCUT2D eigenvalue weighted by atomic mass is 10.2. The predicted molar refractivity (Wildman–Crippen MR) is 75.6 cm³/mol. The summed E-state index contributed by atoms with van der Waals surface area (Å²) in [5.74, 6) is 0.641. The van der Waals surface area contributed by atoms with Crippen LogP contribution in [0.15, 0.2) is 65.7 Å². The van der Waals surface area contributed by atoms with E-state index in [0.29, 0.717) is 5.96 Å². The van der Waals surface area contributed by atoms with Crippen molar-refractivity contribution in [3.63, 3.8) is 0 Å². The number of amides is 2. The maximum atomic E-state index is 11.9. The topological polar surface area (TPSA) is 35.9 Å². The fourth-order valence-electron chi connectivity index (χ4n) is 1.97. The average molecular weight is 251 g/mol. The zero-order valence-corrected chi connectivity index (χ0v) is 10.5. The molecule has 2 aromatic carbocycles. The highest BCUT2D eigenvalue weighted by molar-refractivity contribution is 6.30. The molecule has 1 saturated heterocycles. The van der Waals surface area contributed by atoms with Crippen LogP contribution >= 0.6 is 0 Å². The fourth-order valence-corrected chi connectivity index (χ4v) is 1.97. The first kappa shape index (κ1) is 11.5. The number of urea groups is 1. The van der Waals surface area contributed by atoms with Crippen molar-refractivity contribution in [1.82, 2.24) is 4.90 Å². The van der Waals surface area contributed by atoms with Crippen LogP contribution in [0.2, 0.25) is 0 Å². The Morgan fingerprint density at radius 3 is 2.11 bits per heavy atom. The SMILES string of the molecule is CN1C(=O)N(c2ccccc2)C1=Nc1ccccc1. The molecule has 0 N–H and O–H groups in total. The van der Waals surface area contributed by atoms with Gasteiger partial charge in [-0.1, -0.05) is 36.4 Å². The normalized spacial score (nSPS) is 16.7. The van der Waals surface area contributed by atoms with Gasteiger partial charge in [0.2, 0.25) is 5.96 Å². The Balaban J connectivity index is 1.97. The molecule has 2 amide bonds. The number of carbonyl (C=O) groups is 1. The Kier molecular flexibility index (Phi) is 2.76. The van der Waals surface area contributed by atoms with Gasteiger partial charge in [0.25, 0.3) is 0 Å². The Morgan fingerprint density at radius 2 is 1.47 bits per heavy atom. The standard InChI is InChI=1S/C15H13N3O/c1-17-14(16-12-8-4-2-5-9-12)18(15(17)19)13-10-6-3-7-11-13/h2-11H,1H3. The van der Waals surface area contributed by atoms with Gasteiger partial charge in [-0.3, -0.25) is 4.90 Å². The number of nitrogens with zero attached hydrogens (tertiary/aromatic N) is 3. The number of benzene rings is 2. The molecule has 0 bridgehead atoms. The summed E-state index contributed by atoms with van der Waals surface area (Å²) in [5.41, 5.74) is 1.66. The maximum Gasteiger partial charge on any atom is 0.338 e. The van der Waals surface area contributed by atoms with E-state index in [0.717, 1.165) is 11.4 Å². The summed E-state index contributed by atoms with van der Waals surface area (Å²) >= 11 is 0. The van der Waals surface area contributed by atoms with Crippen LogP contribution in [0, 0.1) is 0 Å². The highest BCUT2D eigenvalue weighted by Crippen LogP contribution is 2.26. The van der Waals surface area contributed by atoms with Crippen LogP contribution in [-0.2, 0) is 0 Å². The second-order valence-electron chi connectivity index (χ2n) is 4.26. The molecule has 0 atom stereocenters. The van der Waals surface area contributed by atoms with Crippen molar-refractivity contribution >= 4 is 23.4 Å². The minimum Gasteiger partial charge on any atom is -0.266 e. The van der Waals surface area contributed by atoms with E-state index >= 15 is 0 Å². The number of guanidine groups is 1. The van der Waals surface area contributed by atoms with Crippen molar-refractivity contribution in [2.24, 2.45) is 4.99 Å². The largest absolute Gasteiger partial charge is 0.338 e. The van der Waals surface area contributed by atoms with Crippen LogP contribution in [0.4, 0.5) is 16.2 Å². The predicted octanol–water partition coefficient (Wildman–Crippen LogP) is 3.25. The number of rotatable bonds is 2. The minimum absolute atomic E-state index is 0.0686. The molecule has 0 radical (unpaired) electrons. The van der Waals surface area contributed by atoms with Crippen molar-refractivity contribution in [1.29, 1.82) is 0 Å². The Morgan fingerprint density at radius 1 is 0.895 bits per heavy atom. The van der Waals surface area contributed by atoms with Crippen LogP contribution in [0.1, 0.15) is 0 Å². The molecule has 4 nitrogen and oxygen atoms in total. The van der Waals surface area contributed by atoms with Crippen molar-refractivity contribution in [3.05, 3.63) is 60.7 Å². The van der Waals surface area contributed by atoms with Gasteiger partial charge in [0.15, 0.2) is 0 Å². The average Bonchev–Trinajstić information content (AvgIpc) is 2.48. The number of anilines is 1. The summed E-state index contributed by atoms with van der Waals surface area (Å²) in [4.78, 5) is 19.6. The number of carbonyl (C=O) groups excluding carboxylic acids is 1. The van der Waals surface area contributed by atoms with Gasteiger partial charge >= 0.3 is 6.03 Å². The van der Waals surface area contributed by atoms with Gasteiger partial charge in [-0.25, -0.2) is 14.7 Å². The number of aliphatic imine (C=N–C) groups is 1. The molecule has 4 heteroatoms. The number of hydrogen-bond acceptors (Lipinski definition) is 2. The maximum absolute atomic E-state index is 11.9. The molecule has 94 valence electrons. The first-order valence-electron chi connectivity index (χ1n) is 6.04. The molecule has 0 unspecified atom stereocenters. The lowest BCUT2D eigenvalue weighted by Crippen LogP contribution is -2.63. The van der Waals surface area contributed by atoms with Gasteiger partial charge in [-0.05, 0) is 24.3 Å². The van der Waals surface area contributed by atoms with Crippen molar-refractivity contribution < 1.29 is 4.79 Å². The van der Waals surface area contributed by atoms with Crippen LogP contribution < -0.4 is 4.90 Å². The van der Waals surface area contributed by atoms with Gasteiger partial charge < -0.3 is 0 Å². The summed E-state index contributed by atoms with van der Waals surface area (Å²) in [7, 11) is 1.73. The number of hydrogen-bond donors (Lipinski definition) is 0. The third-order valence-electron chi connectivity index (χ3n) is 2.98. The summed E-state index contributed by atoms with van der Waals surface area (Å²) in [6.45, 7) is 0. The molecule has 1 aliphatic rings. The van der Waals surface area contributed by atoms with E-state index in [4.69, 9.17) is 0 Å². The Bertz CT molecular complexity index is 622. The zero-order chi connectivity index (χ0) is 13.2. The van der Waals surface area contributed by atoms with Gasteiger partial charge in [0.1, 0.15) is 0 Å². The molecule has 1 aliphatic heterocycles. The molecular formula is C15H13N3O. The quantitative estimate of drug-likeness (QED) is 0.807. The first-order chi connectivity index (χ1) is 9.27. The Labute approximate surface area is 111 Å². The van der Waals surface area contributed by atoms with Crippen molar-refractivity contribution in [2.75, 3.05) is 11.9 Å². The second kappa shape index (κ2) is 4.57. The summed E-state index contributed by atoms with van der Waals surface area (Å²) in [6.07, 6.45) is 0. The summed E-state index contributed by atoms with van der Waals surface area (Å²) in [5, 5.41) is 0. The third-order valence-corrected chi connectivity index (χ3v) is 2.98. The van der Waals surface area contributed by atoms with Gasteiger partial charge in [0.05, 0.1) is 11.4 Å². The molecule has 2 aromatic rings. The second-order valence-corrected chi connectivity index (χ2v) is 4.26. The van der Waals surface area contributed by atoms with Crippen LogP contribution in [0.25, 0.3) is 0 Å². The molecule has 0 aromatic heterocycles. The van der Waals surface area contributed by atoms with E-state index in [-0.39, 0.29) is 6.03 Å². The smallest absolute Gasteiger partial charge is 0.266 e. The lowest BCUT2D eigenvalue weighted by molar-refractivity contribution is 0.225. The van der Waals surface area contributed by atoms with Gasteiger partial charge in [-0.2, -0.15) is 0 Å². The summed E-state index contributed by atoms with van der Waals surface area (Å²) < 4.78 is 0. The molecule has 0 saturated carbocycles. The van der Waals surface area contributed by atoms with E-state index in [2.05, 4.69) is 4.99 Å². The van der Waals surface area contributed by atoms with E-state index in [1.54, 1.807) is 16.8 Å².